The van der Waals surface area contributed by atoms with Crippen LogP contribution < -0.4 is 5.19 Å². The molecule has 0 aliphatic rings. The molecule has 136 valence electrons. The Balaban J connectivity index is 2.44. The molecule has 0 bridgehead atoms. The van der Waals surface area contributed by atoms with Crippen LogP contribution in [0.3, 0.4) is 0 Å². The molecule has 0 heterocycles. The van der Waals surface area contributed by atoms with Crippen molar-refractivity contribution in [1.29, 1.82) is 0 Å². The van der Waals surface area contributed by atoms with Crippen LogP contribution >= 0.6 is 0 Å². The normalized spacial score (nSPS) is 11.6. The highest BCUT2D eigenvalue weighted by molar-refractivity contribution is 6.81. The molecule has 24 heavy (non-hydrogen) atoms. The number of rotatable bonds is 14. The molecule has 0 aliphatic heterocycles. The summed E-state index contributed by atoms with van der Waals surface area (Å²) < 4.78 is 18.0. The second-order valence-electron chi connectivity index (χ2n) is 6.16. The Kier molecular flexibility index (Phi) is 10.9. The number of hydrogen-bond acceptors (Lipinski definition) is 3. The molecular weight excluding hydrogens is 316 g/mol. The van der Waals surface area contributed by atoms with Gasteiger partial charge in [-0.15, -0.1) is 0 Å². The second-order valence-corrected chi connectivity index (χ2v) is 9.32. The number of hydrogen-bond donors (Lipinski definition) is 0. The average molecular weight is 351 g/mol. The first kappa shape index (κ1) is 21.1. The van der Waals surface area contributed by atoms with Gasteiger partial charge >= 0.3 is 8.56 Å². The lowest BCUT2D eigenvalue weighted by molar-refractivity contribution is 0.151. The molecule has 0 atom stereocenters. The van der Waals surface area contributed by atoms with Crippen molar-refractivity contribution in [2.24, 2.45) is 0 Å². The molecule has 0 saturated heterocycles. The highest BCUT2D eigenvalue weighted by Crippen LogP contribution is 2.19. The molecule has 0 radical (unpaired) electrons. The molecule has 0 saturated carbocycles. The summed E-state index contributed by atoms with van der Waals surface area (Å²) in [5.41, 5.74) is 1.09. The van der Waals surface area contributed by atoms with E-state index in [-0.39, 0.29) is 0 Å². The van der Waals surface area contributed by atoms with E-state index in [9.17, 15) is 0 Å². The van der Waals surface area contributed by atoms with Gasteiger partial charge in [0.25, 0.3) is 0 Å². The van der Waals surface area contributed by atoms with E-state index >= 15 is 0 Å². The van der Waals surface area contributed by atoms with Crippen molar-refractivity contribution >= 4 is 13.7 Å². The number of ether oxygens (including phenoxy) is 1. The van der Waals surface area contributed by atoms with Gasteiger partial charge in [-0.05, 0) is 38.4 Å². The summed E-state index contributed by atoms with van der Waals surface area (Å²) in [4.78, 5) is 0. The van der Waals surface area contributed by atoms with Gasteiger partial charge in [0, 0.05) is 19.8 Å². The number of benzene rings is 1. The summed E-state index contributed by atoms with van der Waals surface area (Å²) >= 11 is 0. The van der Waals surface area contributed by atoms with Gasteiger partial charge in [0.05, 0.1) is 6.61 Å². The third-order valence-corrected chi connectivity index (χ3v) is 7.60. The second kappa shape index (κ2) is 12.4. The molecule has 0 aliphatic carbocycles. The van der Waals surface area contributed by atoms with Crippen LogP contribution in [0.2, 0.25) is 6.04 Å². The summed E-state index contributed by atoms with van der Waals surface area (Å²) in [7, 11) is -2.30. The minimum absolute atomic E-state index is 0.679. The van der Waals surface area contributed by atoms with Gasteiger partial charge in [0.2, 0.25) is 0 Å². The Morgan fingerprint density at radius 3 is 2.17 bits per heavy atom. The maximum absolute atomic E-state index is 6.21. The van der Waals surface area contributed by atoms with E-state index in [1.54, 1.807) is 0 Å². The summed E-state index contributed by atoms with van der Waals surface area (Å²) in [6.07, 6.45) is 4.63. The van der Waals surface area contributed by atoms with Crippen LogP contribution in [-0.4, -0.2) is 35.0 Å². The molecule has 1 aromatic carbocycles. The van der Waals surface area contributed by atoms with Crippen molar-refractivity contribution in [3.63, 3.8) is 0 Å². The molecule has 0 fully saturated rings. The summed E-state index contributed by atoms with van der Waals surface area (Å²) in [5, 5.41) is 1.25. The van der Waals surface area contributed by atoms with Crippen molar-refractivity contribution in [2.45, 2.75) is 52.5 Å². The van der Waals surface area contributed by atoms with Gasteiger partial charge in [-0.3, -0.25) is 0 Å². The van der Waals surface area contributed by atoms with E-state index in [1.165, 1.54) is 18.0 Å². The smallest absolute Gasteiger partial charge is 0.372 e. The van der Waals surface area contributed by atoms with Crippen LogP contribution in [-0.2, 0) is 13.6 Å². The highest BCUT2D eigenvalue weighted by atomic mass is 28.4. The van der Waals surface area contributed by atoms with Crippen LogP contribution in [0.1, 0.15) is 46.5 Å². The average Bonchev–Trinajstić information content (AvgIpc) is 2.58. The van der Waals surface area contributed by atoms with Crippen LogP contribution in [0.5, 0.6) is 0 Å². The van der Waals surface area contributed by atoms with Gasteiger partial charge in [-0.2, -0.15) is 0 Å². The first-order valence-electron chi connectivity index (χ1n) is 9.20. The largest absolute Gasteiger partial charge is 0.391 e. The molecule has 0 unspecified atom stereocenters. The molecule has 3 nitrogen and oxygen atoms in total. The predicted octanol–water partition coefficient (Wildman–Crippen LogP) is 4.56. The minimum atomic E-state index is -2.30. The lowest BCUT2D eigenvalue weighted by atomic mass is 10.2. The Bertz CT molecular complexity index is 441. The quantitative estimate of drug-likeness (QED) is 0.280. The molecule has 4 heteroatoms. The summed E-state index contributed by atoms with van der Waals surface area (Å²) in [5.74, 6) is 0. The van der Waals surface area contributed by atoms with E-state index in [2.05, 4.69) is 44.7 Å². The van der Waals surface area contributed by atoms with E-state index in [0.717, 1.165) is 31.1 Å². The molecule has 0 amide bonds. The Hall–Kier alpha value is -0.943. The van der Waals surface area contributed by atoms with Crippen LogP contribution in [0.4, 0.5) is 0 Å². The monoisotopic (exact) mass is 350 g/mol. The lowest BCUT2D eigenvalue weighted by Gasteiger charge is -2.30. The maximum Gasteiger partial charge on any atom is 0.372 e. The first-order chi connectivity index (χ1) is 11.6. The topological polar surface area (TPSA) is 27.7 Å². The Labute approximate surface area is 149 Å². The van der Waals surface area contributed by atoms with E-state index in [1.807, 2.05) is 13.0 Å². The van der Waals surface area contributed by atoms with E-state index in [0.29, 0.717) is 19.8 Å². The molecule has 0 aromatic heterocycles. The SMILES string of the molecule is C=C(C)COCCCCCC[Si](OCC)(OCC)c1ccccc1. The fourth-order valence-corrected chi connectivity index (χ4v) is 6.16. The van der Waals surface area contributed by atoms with E-state index in [4.69, 9.17) is 13.6 Å². The van der Waals surface area contributed by atoms with Crippen molar-refractivity contribution in [2.75, 3.05) is 26.4 Å². The van der Waals surface area contributed by atoms with Gasteiger partial charge in [-0.1, -0.05) is 61.7 Å². The van der Waals surface area contributed by atoms with Crippen molar-refractivity contribution in [1.82, 2.24) is 0 Å². The fourth-order valence-electron chi connectivity index (χ4n) is 2.82. The van der Waals surface area contributed by atoms with E-state index < -0.39 is 8.56 Å². The Morgan fingerprint density at radius 2 is 1.58 bits per heavy atom. The third kappa shape index (κ3) is 7.75. The predicted molar refractivity (Wildman–Crippen MR) is 104 cm³/mol. The summed E-state index contributed by atoms with van der Waals surface area (Å²) in [6, 6.07) is 11.5. The van der Waals surface area contributed by atoms with Crippen LogP contribution in [0, 0.1) is 0 Å². The number of unbranched alkanes of at least 4 members (excludes halogenated alkanes) is 3. The molecule has 1 aromatic rings. The molecule has 1 rings (SSSR count). The molecule has 0 spiro atoms. The minimum Gasteiger partial charge on any atom is -0.391 e. The zero-order valence-corrected chi connectivity index (χ0v) is 16.7. The highest BCUT2D eigenvalue weighted by Gasteiger charge is 2.38. The zero-order valence-electron chi connectivity index (χ0n) is 15.7. The lowest BCUT2D eigenvalue weighted by Crippen LogP contribution is -2.53. The third-order valence-electron chi connectivity index (χ3n) is 3.86. The maximum atomic E-state index is 6.21. The van der Waals surface area contributed by atoms with Gasteiger partial charge in [0.15, 0.2) is 0 Å². The van der Waals surface area contributed by atoms with Crippen LogP contribution in [0.25, 0.3) is 0 Å². The molecular formula is C20H34O3Si. The van der Waals surface area contributed by atoms with Crippen LogP contribution in [0.15, 0.2) is 42.5 Å². The van der Waals surface area contributed by atoms with Gasteiger partial charge in [0.1, 0.15) is 0 Å². The van der Waals surface area contributed by atoms with Gasteiger partial charge in [-0.25, -0.2) is 0 Å². The zero-order chi connectivity index (χ0) is 17.7. The standard InChI is InChI=1S/C20H34O3Si/c1-5-22-24(23-6-2,20-14-10-9-11-15-20)17-13-8-7-12-16-21-18-19(3)4/h9-11,14-15H,3,5-8,12-13,16-18H2,1-2,4H3. The fraction of sp³-hybridized carbons (Fsp3) is 0.600. The molecule has 0 N–H and O–H groups in total. The Morgan fingerprint density at radius 1 is 0.958 bits per heavy atom. The summed E-state index contributed by atoms with van der Waals surface area (Å²) in [6.45, 7) is 12.9. The van der Waals surface area contributed by atoms with Gasteiger partial charge < -0.3 is 13.6 Å². The first-order valence-corrected chi connectivity index (χ1v) is 11.2. The van der Waals surface area contributed by atoms with Crippen molar-refractivity contribution in [3.8, 4) is 0 Å². The van der Waals surface area contributed by atoms with Crippen molar-refractivity contribution in [3.05, 3.63) is 42.5 Å². The van der Waals surface area contributed by atoms with Crippen molar-refractivity contribution < 1.29 is 13.6 Å².